The van der Waals surface area contributed by atoms with Gasteiger partial charge in [0.05, 0.1) is 6.42 Å². The molecule has 1 aliphatic heterocycles. The lowest BCUT2D eigenvalue weighted by molar-refractivity contribution is -0.131. The fraction of sp³-hybridized carbons (Fsp3) is 0.462. The van der Waals surface area contributed by atoms with Gasteiger partial charge in [0.2, 0.25) is 5.91 Å². The smallest absolute Gasteiger partial charge is 0.277 e. The van der Waals surface area contributed by atoms with Crippen LogP contribution in [0.15, 0.2) is 24.3 Å². The predicted molar refractivity (Wildman–Crippen MR) is 79.3 cm³/mol. The second kappa shape index (κ2) is 6.52. The minimum absolute atomic E-state index is 0.0232. The summed E-state index contributed by atoms with van der Waals surface area (Å²) in [6.07, 6.45) is 0.281. The third kappa shape index (κ3) is 4.01. The zero-order valence-electron chi connectivity index (χ0n) is 11.7. The van der Waals surface area contributed by atoms with Crippen molar-refractivity contribution in [2.45, 2.75) is 13.0 Å². The van der Waals surface area contributed by atoms with Crippen molar-refractivity contribution in [3.8, 4) is 0 Å². The standard InChI is InChI=1S/C13H20N4O3S/c14-10-12-4-2-1-3-11(12)9-13(18)16-5-7-17(8-6-16)21(15,19)20/h1-4H,5-10,14H2,(H2,15,19,20). The lowest BCUT2D eigenvalue weighted by Crippen LogP contribution is -2.52. The first-order valence-corrected chi connectivity index (χ1v) is 8.24. The molecule has 1 amide bonds. The highest BCUT2D eigenvalue weighted by Gasteiger charge is 2.26. The Balaban J connectivity index is 1.97. The van der Waals surface area contributed by atoms with Crippen LogP contribution in [0.1, 0.15) is 11.1 Å². The van der Waals surface area contributed by atoms with E-state index in [0.29, 0.717) is 19.6 Å². The molecule has 1 heterocycles. The monoisotopic (exact) mass is 312 g/mol. The van der Waals surface area contributed by atoms with Crippen molar-refractivity contribution in [2.24, 2.45) is 10.9 Å². The average molecular weight is 312 g/mol. The highest BCUT2D eigenvalue weighted by Crippen LogP contribution is 2.12. The van der Waals surface area contributed by atoms with E-state index in [1.807, 2.05) is 24.3 Å². The normalized spacial score (nSPS) is 17.0. The van der Waals surface area contributed by atoms with Crippen LogP contribution in [-0.2, 0) is 28.0 Å². The first-order chi connectivity index (χ1) is 9.91. The Labute approximate surface area is 124 Å². The van der Waals surface area contributed by atoms with E-state index < -0.39 is 10.2 Å². The summed E-state index contributed by atoms with van der Waals surface area (Å²) in [6, 6.07) is 7.56. The van der Waals surface area contributed by atoms with Crippen LogP contribution < -0.4 is 10.9 Å². The minimum Gasteiger partial charge on any atom is -0.340 e. The van der Waals surface area contributed by atoms with Crippen molar-refractivity contribution in [3.63, 3.8) is 0 Å². The topological polar surface area (TPSA) is 110 Å². The van der Waals surface area contributed by atoms with Gasteiger partial charge in [-0.15, -0.1) is 0 Å². The van der Waals surface area contributed by atoms with Crippen molar-refractivity contribution >= 4 is 16.1 Å². The Morgan fingerprint density at radius 2 is 1.67 bits per heavy atom. The van der Waals surface area contributed by atoms with Crippen molar-refractivity contribution < 1.29 is 13.2 Å². The van der Waals surface area contributed by atoms with Gasteiger partial charge in [0.15, 0.2) is 0 Å². The second-order valence-electron chi connectivity index (χ2n) is 4.97. The second-order valence-corrected chi connectivity index (χ2v) is 6.52. The molecule has 8 heteroatoms. The van der Waals surface area contributed by atoms with Gasteiger partial charge < -0.3 is 10.6 Å². The zero-order chi connectivity index (χ0) is 15.5. The molecular formula is C13H20N4O3S. The van der Waals surface area contributed by atoms with E-state index in [1.165, 1.54) is 4.31 Å². The first-order valence-electron chi connectivity index (χ1n) is 6.74. The average Bonchev–Trinajstić information content (AvgIpc) is 2.47. The summed E-state index contributed by atoms with van der Waals surface area (Å²) in [6.45, 7) is 1.59. The molecule has 0 bridgehead atoms. The molecule has 0 spiro atoms. The number of carbonyl (C=O) groups is 1. The van der Waals surface area contributed by atoms with Crippen LogP contribution in [0.2, 0.25) is 0 Å². The van der Waals surface area contributed by atoms with E-state index in [9.17, 15) is 13.2 Å². The summed E-state index contributed by atoms with van der Waals surface area (Å²) < 4.78 is 23.6. The Morgan fingerprint density at radius 3 is 2.19 bits per heavy atom. The molecule has 0 aliphatic carbocycles. The van der Waals surface area contributed by atoms with Crippen LogP contribution in [-0.4, -0.2) is 49.7 Å². The highest BCUT2D eigenvalue weighted by molar-refractivity contribution is 7.86. The Bertz CT molecular complexity index is 610. The Morgan fingerprint density at radius 1 is 1.10 bits per heavy atom. The number of nitrogens with zero attached hydrogens (tertiary/aromatic N) is 2. The number of amides is 1. The van der Waals surface area contributed by atoms with Gasteiger partial charge in [-0.1, -0.05) is 24.3 Å². The molecule has 21 heavy (non-hydrogen) atoms. The third-order valence-electron chi connectivity index (χ3n) is 3.63. The van der Waals surface area contributed by atoms with E-state index in [4.69, 9.17) is 10.9 Å². The van der Waals surface area contributed by atoms with E-state index >= 15 is 0 Å². The largest absolute Gasteiger partial charge is 0.340 e. The molecular weight excluding hydrogens is 292 g/mol. The number of nitrogens with two attached hydrogens (primary N) is 2. The number of benzene rings is 1. The molecule has 0 unspecified atom stereocenters. The van der Waals surface area contributed by atoms with Gasteiger partial charge in [-0.05, 0) is 11.1 Å². The fourth-order valence-electron chi connectivity index (χ4n) is 2.40. The summed E-state index contributed by atoms with van der Waals surface area (Å²) in [4.78, 5) is 13.9. The molecule has 1 aromatic rings. The van der Waals surface area contributed by atoms with Crippen molar-refractivity contribution in [1.29, 1.82) is 0 Å². The number of carbonyl (C=O) groups excluding carboxylic acids is 1. The summed E-state index contributed by atoms with van der Waals surface area (Å²) >= 11 is 0. The van der Waals surface area contributed by atoms with Crippen molar-refractivity contribution in [1.82, 2.24) is 9.21 Å². The van der Waals surface area contributed by atoms with Crippen LogP contribution >= 0.6 is 0 Å². The Kier molecular flexibility index (Phi) is 4.94. The molecule has 4 N–H and O–H groups in total. The molecule has 0 atom stereocenters. The van der Waals surface area contributed by atoms with Gasteiger partial charge in [0.1, 0.15) is 0 Å². The van der Waals surface area contributed by atoms with Crippen molar-refractivity contribution in [2.75, 3.05) is 26.2 Å². The Hall–Kier alpha value is -1.48. The minimum atomic E-state index is -3.67. The molecule has 0 radical (unpaired) electrons. The van der Waals surface area contributed by atoms with E-state index in [-0.39, 0.29) is 25.4 Å². The first kappa shape index (κ1) is 15.9. The number of hydrogen-bond donors (Lipinski definition) is 2. The molecule has 1 aromatic carbocycles. The van der Waals surface area contributed by atoms with Gasteiger partial charge in [-0.2, -0.15) is 12.7 Å². The molecule has 0 saturated carbocycles. The molecule has 1 aliphatic rings. The van der Waals surface area contributed by atoms with Crippen molar-refractivity contribution in [3.05, 3.63) is 35.4 Å². The maximum Gasteiger partial charge on any atom is 0.277 e. The number of piperazine rings is 1. The summed E-state index contributed by atoms with van der Waals surface area (Å²) in [7, 11) is -3.67. The zero-order valence-corrected chi connectivity index (χ0v) is 12.6. The van der Waals surface area contributed by atoms with Crippen LogP contribution in [0.5, 0.6) is 0 Å². The lowest BCUT2D eigenvalue weighted by Gasteiger charge is -2.33. The predicted octanol–water partition coefficient (Wildman–Crippen LogP) is -0.964. The van der Waals surface area contributed by atoms with Crippen LogP contribution in [0, 0.1) is 0 Å². The van der Waals surface area contributed by atoms with Gasteiger partial charge in [-0.3, -0.25) is 4.79 Å². The summed E-state index contributed by atoms with van der Waals surface area (Å²) in [5, 5.41) is 5.07. The van der Waals surface area contributed by atoms with E-state index in [1.54, 1.807) is 4.90 Å². The van der Waals surface area contributed by atoms with Gasteiger partial charge in [0, 0.05) is 32.7 Å². The quantitative estimate of drug-likeness (QED) is 0.745. The molecule has 2 rings (SSSR count). The SMILES string of the molecule is NCc1ccccc1CC(=O)N1CCN(S(N)(=O)=O)CC1. The lowest BCUT2D eigenvalue weighted by atomic mass is 10.0. The van der Waals surface area contributed by atoms with Crippen LogP contribution in [0.4, 0.5) is 0 Å². The van der Waals surface area contributed by atoms with Crippen LogP contribution in [0.3, 0.4) is 0 Å². The fourth-order valence-corrected chi connectivity index (χ4v) is 3.07. The van der Waals surface area contributed by atoms with E-state index in [0.717, 1.165) is 11.1 Å². The molecule has 1 fully saturated rings. The maximum absolute atomic E-state index is 12.3. The number of rotatable bonds is 4. The molecule has 0 aromatic heterocycles. The molecule has 1 saturated heterocycles. The van der Waals surface area contributed by atoms with Gasteiger partial charge >= 0.3 is 0 Å². The van der Waals surface area contributed by atoms with Gasteiger partial charge in [-0.25, -0.2) is 5.14 Å². The maximum atomic E-state index is 12.3. The molecule has 116 valence electrons. The third-order valence-corrected chi connectivity index (χ3v) is 4.72. The molecule has 7 nitrogen and oxygen atoms in total. The summed E-state index contributed by atoms with van der Waals surface area (Å²) in [5.41, 5.74) is 7.53. The van der Waals surface area contributed by atoms with E-state index in [2.05, 4.69) is 0 Å². The number of hydrogen-bond acceptors (Lipinski definition) is 4. The highest BCUT2D eigenvalue weighted by atomic mass is 32.2. The van der Waals surface area contributed by atoms with Gasteiger partial charge in [0.25, 0.3) is 10.2 Å². The van der Waals surface area contributed by atoms with Crippen LogP contribution in [0.25, 0.3) is 0 Å². The summed E-state index contributed by atoms with van der Waals surface area (Å²) in [5.74, 6) is -0.0232.